The first-order chi connectivity index (χ1) is 12.8. The predicted octanol–water partition coefficient (Wildman–Crippen LogP) is 1.41. The highest BCUT2D eigenvalue weighted by molar-refractivity contribution is 7.89. The molecule has 2 aliphatic heterocycles. The van der Waals surface area contributed by atoms with Gasteiger partial charge in [0.15, 0.2) is 0 Å². The molecule has 7 nitrogen and oxygen atoms in total. The number of carbonyl (C=O) groups is 2. The molecule has 2 fully saturated rings. The average molecular weight is 394 g/mol. The lowest BCUT2D eigenvalue weighted by Crippen LogP contribution is -2.50. The molecular weight excluding hydrogens is 366 g/mol. The first kappa shape index (κ1) is 19.8. The van der Waals surface area contributed by atoms with Crippen molar-refractivity contribution >= 4 is 21.8 Å². The molecule has 2 amide bonds. The zero-order chi connectivity index (χ0) is 19.6. The van der Waals surface area contributed by atoms with E-state index in [2.05, 4.69) is 6.92 Å². The summed E-state index contributed by atoms with van der Waals surface area (Å²) in [5, 5.41) is 0. The number of piperazine rings is 1. The molecule has 1 aromatic rings. The van der Waals surface area contributed by atoms with Crippen molar-refractivity contribution in [2.24, 2.45) is 5.92 Å². The molecule has 0 radical (unpaired) electrons. The van der Waals surface area contributed by atoms with E-state index < -0.39 is 10.0 Å². The Balaban J connectivity index is 1.73. The molecule has 0 atom stereocenters. The minimum absolute atomic E-state index is 0.00559. The second-order valence-electron chi connectivity index (χ2n) is 7.41. The number of benzene rings is 1. The van der Waals surface area contributed by atoms with E-state index in [0.29, 0.717) is 50.7 Å². The fourth-order valence-corrected chi connectivity index (χ4v) is 5.09. The normalized spacial score (nSPS) is 19.9. The fraction of sp³-hybridized carbons (Fsp3) is 0.579. The van der Waals surface area contributed by atoms with Crippen molar-refractivity contribution < 1.29 is 18.0 Å². The zero-order valence-electron chi connectivity index (χ0n) is 15.9. The summed E-state index contributed by atoms with van der Waals surface area (Å²) in [6, 6.07) is 6.31. The molecule has 27 heavy (non-hydrogen) atoms. The van der Waals surface area contributed by atoms with Crippen LogP contribution in [0.3, 0.4) is 0 Å². The summed E-state index contributed by atoms with van der Waals surface area (Å²) in [5.74, 6) is 0.353. The fourth-order valence-electron chi connectivity index (χ4n) is 3.57. The lowest BCUT2D eigenvalue weighted by Gasteiger charge is -2.34. The molecule has 3 rings (SSSR count). The van der Waals surface area contributed by atoms with E-state index in [1.165, 1.54) is 17.3 Å². The molecule has 0 aromatic heterocycles. The molecule has 8 heteroatoms. The van der Waals surface area contributed by atoms with Gasteiger partial charge in [0.2, 0.25) is 15.9 Å². The van der Waals surface area contributed by atoms with Crippen LogP contribution in [0, 0.1) is 5.92 Å². The maximum absolute atomic E-state index is 12.9. The molecule has 0 N–H and O–H groups in total. The summed E-state index contributed by atoms with van der Waals surface area (Å²) in [5.41, 5.74) is 0.373. The van der Waals surface area contributed by atoms with Gasteiger partial charge >= 0.3 is 0 Å². The summed E-state index contributed by atoms with van der Waals surface area (Å²) in [4.78, 5) is 27.8. The highest BCUT2D eigenvalue weighted by atomic mass is 32.2. The maximum Gasteiger partial charge on any atom is 0.254 e. The monoisotopic (exact) mass is 393 g/mol. The van der Waals surface area contributed by atoms with Crippen LogP contribution in [-0.2, 0) is 14.8 Å². The lowest BCUT2D eigenvalue weighted by molar-refractivity contribution is -0.130. The average Bonchev–Trinajstić information content (AvgIpc) is 2.68. The predicted molar refractivity (Wildman–Crippen MR) is 102 cm³/mol. The molecule has 2 aliphatic rings. The van der Waals surface area contributed by atoms with Crippen molar-refractivity contribution in [3.05, 3.63) is 29.8 Å². The Hall–Kier alpha value is -1.93. The number of rotatable bonds is 3. The first-order valence-electron chi connectivity index (χ1n) is 9.44. The number of piperidine rings is 1. The van der Waals surface area contributed by atoms with Crippen LogP contribution < -0.4 is 0 Å². The van der Waals surface area contributed by atoms with Gasteiger partial charge < -0.3 is 9.80 Å². The van der Waals surface area contributed by atoms with Gasteiger partial charge in [0.05, 0.1) is 4.90 Å². The topological polar surface area (TPSA) is 78.0 Å². The van der Waals surface area contributed by atoms with Crippen molar-refractivity contribution in [2.75, 3.05) is 39.3 Å². The van der Waals surface area contributed by atoms with E-state index in [9.17, 15) is 18.0 Å². The molecule has 148 valence electrons. The largest absolute Gasteiger partial charge is 0.339 e. The van der Waals surface area contributed by atoms with Crippen molar-refractivity contribution in [1.29, 1.82) is 0 Å². The third kappa shape index (κ3) is 4.32. The molecule has 2 saturated heterocycles. The van der Waals surface area contributed by atoms with Gasteiger partial charge in [0.25, 0.3) is 5.91 Å². The van der Waals surface area contributed by atoms with E-state index >= 15 is 0 Å². The molecule has 0 saturated carbocycles. The SMILES string of the molecule is CC(=O)N1CCN(C(=O)c2cccc(S(=O)(=O)N3CCC(C)CC3)c2)CC1. The van der Waals surface area contributed by atoms with E-state index in [4.69, 9.17) is 0 Å². The van der Waals surface area contributed by atoms with Crippen molar-refractivity contribution in [3.63, 3.8) is 0 Å². The number of sulfonamides is 1. The van der Waals surface area contributed by atoms with Crippen LogP contribution in [0.25, 0.3) is 0 Å². The van der Waals surface area contributed by atoms with Crippen LogP contribution in [0.4, 0.5) is 0 Å². The summed E-state index contributed by atoms with van der Waals surface area (Å²) in [6.07, 6.45) is 1.72. The van der Waals surface area contributed by atoms with Gasteiger partial charge in [-0.3, -0.25) is 9.59 Å². The smallest absolute Gasteiger partial charge is 0.254 e. The van der Waals surface area contributed by atoms with Gasteiger partial charge in [0, 0.05) is 51.8 Å². The number of hydrogen-bond donors (Lipinski definition) is 0. The van der Waals surface area contributed by atoms with Crippen molar-refractivity contribution in [2.45, 2.75) is 31.6 Å². The van der Waals surface area contributed by atoms with Crippen LogP contribution >= 0.6 is 0 Å². The van der Waals surface area contributed by atoms with Crippen LogP contribution in [0.2, 0.25) is 0 Å². The Morgan fingerprint density at radius 1 is 0.963 bits per heavy atom. The minimum atomic E-state index is -3.58. The van der Waals surface area contributed by atoms with Gasteiger partial charge in [-0.05, 0) is 37.0 Å². The van der Waals surface area contributed by atoms with E-state index in [0.717, 1.165) is 12.8 Å². The maximum atomic E-state index is 12.9. The van der Waals surface area contributed by atoms with Crippen molar-refractivity contribution in [3.8, 4) is 0 Å². The second-order valence-corrected chi connectivity index (χ2v) is 9.35. The van der Waals surface area contributed by atoms with Crippen LogP contribution in [0.5, 0.6) is 0 Å². The standard InChI is InChI=1S/C19H27N3O4S/c1-15-6-8-22(9-7-15)27(25,26)18-5-3-4-17(14-18)19(24)21-12-10-20(11-13-21)16(2)23/h3-5,14-15H,6-13H2,1-2H3. The first-order valence-corrected chi connectivity index (χ1v) is 10.9. The van der Waals surface area contributed by atoms with Crippen LogP contribution in [0.15, 0.2) is 29.2 Å². The Bertz CT molecular complexity index is 808. The minimum Gasteiger partial charge on any atom is -0.339 e. The molecule has 1 aromatic carbocycles. The molecule has 0 aliphatic carbocycles. The second kappa shape index (κ2) is 7.98. The van der Waals surface area contributed by atoms with E-state index in [1.54, 1.807) is 28.0 Å². The molecule has 0 spiro atoms. The zero-order valence-corrected chi connectivity index (χ0v) is 16.7. The van der Waals surface area contributed by atoms with Crippen LogP contribution in [0.1, 0.15) is 37.0 Å². The molecule has 0 bridgehead atoms. The number of amides is 2. The van der Waals surface area contributed by atoms with E-state index in [1.807, 2.05) is 0 Å². The Labute approximate surface area is 161 Å². The number of hydrogen-bond acceptors (Lipinski definition) is 4. The number of nitrogens with zero attached hydrogens (tertiary/aromatic N) is 3. The Morgan fingerprint density at radius 2 is 1.56 bits per heavy atom. The Morgan fingerprint density at radius 3 is 2.15 bits per heavy atom. The van der Waals surface area contributed by atoms with Gasteiger partial charge in [-0.1, -0.05) is 13.0 Å². The third-order valence-electron chi connectivity index (χ3n) is 5.47. The highest BCUT2D eigenvalue weighted by Gasteiger charge is 2.29. The van der Waals surface area contributed by atoms with E-state index in [-0.39, 0.29) is 16.7 Å². The summed E-state index contributed by atoms with van der Waals surface area (Å²) in [7, 11) is -3.58. The van der Waals surface area contributed by atoms with Gasteiger partial charge in [-0.15, -0.1) is 0 Å². The summed E-state index contributed by atoms with van der Waals surface area (Å²) >= 11 is 0. The van der Waals surface area contributed by atoms with Gasteiger partial charge in [-0.25, -0.2) is 8.42 Å². The summed E-state index contributed by atoms with van der Waals surface area (Å²) < 4.78 is 27.4. The lowest BCUT2D eigenvalue weighted by atomic mass is 10.0. The molecular formula is C19H27N3O4S. The van der Waals surface area contributed by atoms with Crippen LogP contribution in [-0.4, -0.2) is 73.6 Å². The van der Waals surface area contributed by atoms with Gasteiger partial charge in [-0.2, -0.15) is 4.31 Å². The third-order valence-corrected chi connectivity index (χ3v) is 7.37. The summed E-state index contributed by atoms with van der Waals surface area (Å²) in [6.45, 7) is 6.63. The Kier molecular flexibility index (Phi) is 5.86. The quantitative estimate of drug-likeness (QED) is 0.778. The van der Waals surface area contributed by atoms with Gasteiger partial charge in [0.1, 0.15) is 0 Å². The van der Waals surface area contributed by atoms with Crippen molar-refractivity contribution in [1.82, 2.24) is 14.1 Å². The molecule has 2 heterocycles. The highest BCUT2D eigenvalue weighted by Crippen LogP contribution is 2.24. The number of carbonyl (C=O) groups excluding carboxylic acids is 2. The molecule has 0 unspecified atom stereocenters.